The molecule has 2 rings (SSSR count). The standard InChI is InChI=1S/C16H15F5O4/c1-14(2,3)9-5-4-8-6-11(25-13(22)23)12(24-10(8)7-9)15(17,18)16(19,20)21/h4-7,12H,1-3H3,(H,22,23). The third kappa shape index (κ3) is 3.69. The van der Waals surface area contributed by atoms with Crippen LogP contribution < -0.4 is 4.74 Å². The van der Waals surface area contributed by atoms with Gasteiger partial charge < -0.3 is 14.6 Å². The van der Waals surface area contributed by atoms with Crippen molar-refractivity contribution in [3.8, 4) is 5.75 Å². The van der Waals surface area contributed by atoms with E-state index in [4.69, 9.17) is 9.84 Å². The van der Waals surface area contributed by atoms with Crippen LogP contribution in [0.25, 0.3) is 6.08 Å². The lowest BCUT2D eigenvalue weighted by atomic mass is 9.86. The first-order chi connectivity index (χ1) is 11.2. The second kappa shape index (κ2) is 5.89. The summed E-state index contributed by atoms with van der Waals surface area (Å²) < 4.78 is 74.7. The van der Waals surface area contributed by atoms with Gasteiger partial charge in [-0.3, -0.25) is 0 Å². The maximum Gasteiger partial charge on any atom is 0.511 e. The number of carboxylic acid groups (broad SMARTS) is 1. The fraction of sp³-hybridized carbons (Fsp3) is 0.438. The summed E-state index contributed by atoms with van der Waals surface area (Å²) in [5, 5.41) is 8.61. The Morgan fingerprint density at radius 1 is 1.16 bits per heavy atom. The van der Waals surface area contributed by atoms with Gasteiger partial charge in [-0.15, -0.1) is 0 Å². The first-order valence-corrected chi connectivity index (χ1v) is 7.11. The first kappa shape index (κ1) is 19.0. The minimum atomic E-state index is -5.95. The van der Waals surface area contributed by atoms with Crippen LogP contribution in [0, 0.1) is 0 Å². The molecule has 1 aliphatic heterocycles. The Labute approximate surface area is 139 Å². The molecule has 25 heavy (non-hydrogen) atoms. The third-order valence-corrected chi connectivity index (χ3v) is 3.59. The SMILES string of the molecule is CC(C)(C)c1ccc2c(c1)OC(C(F)(F)C(F)(F)F)C(OC(=O)O)=C2. The van der Waals surface area contributed by atoms with Crippen LogP contribution in [0.1, 0.15) is 31.9 Å². The van der Waals surface area contributed by atoms with E-state index in [0.29, 0.717) is 5.56 Å². The lowest BCUT2D eigenvalue weighted by Gasteiger charge is -2.33. The zero-order chi connectivity index (χ0) is 19.2. The van der Waals surface area contributed by atoms with E-state index in [1.54, 1.807) is 6.07 Å². The van der Waals surface area contributed by atoms with Gasteiger partial charge in [-0.05, 0) is 23.1 Å². The van der Waals surface area contributed by atoms with Crippen molar-refractivity contribution in [2.45, 2.75) is 44.4 Å². The lowest BCUT2D eigenvalue weighted by molar-refractivity contribution is -0.306. The molecular formula is C16H15F5O4. The minimum Gasteiger partial charge on any atom is -0.475 e. The van der Waals surface area contributed by atoms with E-state index in [2.05, 4.69) is 4.74 Å². The number of carbonyl (C=O) groups is 1. The molecule has 1 atom stereocenters. The van der Waals surface area contributed by atoms with Crippen LogP contribution >= 0.6 is 0 Å². The number of ether oxygens (including phenoxy) is 2. The zero-order valence-corrected chi connectivity index (χ0v) is 13.4. The summed E-state index contributed by atoms with van der Waals surface area (Å²) in [6, 6.07) is 4.42. The molecule has 1 aliphatic rings. The second-order valence-corrected chi connectivity index (χ2v) is 6.54. The number of hydrogen-bond acceptors (Lipinski definition) is 3. The van der Waals surface area contributed by atoms with Crippen LogP contribution in [0.2, 0.25) is 0 Å². The number of halogens is 5. The zero-order valence-electron chi connectivity index (χ0n) is 13.4. The Bertz CT molecular complexity index is 716. The van der Waals surface area contributed by atoms with Gasteiger partial charge in [0.25, 0.3) is 0 Å². The van der Waals surface area contributed by atoms with Crippen molar-refractivity contribution in [3.63, 3.8) is 0 Å². The Morgan fingerprint density at radius 3 is 2.24 bits per heavy atom. The van der Waals surface area contributed by atoms with Gasteiger partial charge in [0.15, 0.2) is 5.76 Å². The molecule has 4 nitrogen and oxygen atoms in total. The molecule has 1 unspecified atom stereocenters. The Hall–Kier alpha value is -2.32. The summed E-state index contributed by atoms with van der Waals surface area (Å²) in [4.78, 5) is 10.6. The summed E-state index contributed by atoms with van der Waals surface area (Å²) in [6.45, 7) is 5.48. The Morgan fingerprint density at radius 2 is 1.76 bits per heavy atom. The van der Waals surface area contributed by atoms with Gasteiger partial charge in [-0.1, -0.05) is 32.9 Å². The van der Waals surface area contributed by atoms with E-state index in [9.17, 15) is 26.7 Å². The summed E-state index contributed by atoms with van der Waals surface area (Å²) >= 11 is 0. The van der Waals surface area contributed by atoms with Crippen molar-refractivity contribution in [2.24, 2.45) is 0 Å². The number of rotatable bonds is 2. The van der Waals surface area contributed by atoms with Crippen molar-refractivity contribution in [1.29, 1.82) is 0 Å². The summed E-state index contributed by atoms with van der Waals surface area (Å²) in [5.41, 5.74) is 0.386. The largest absolute Gasteiger partial charge is 0.511 e. The fourth-order valence-electron chi connectivity index (χ4n) is 2.22. The highest BCUT2D eigenvalue weighted by Gasteiger charge is 2.66. The van der Waals surface area contributed by atoms with Crippen LogP contribution in [0.15, 0.2) is 24.0 Å². The second-order valence-electron chi connectivity index (χ2n) is 6.54. The van der Waals surface area contributed by atoms with Gasteiger partial charge in [-0.2, -0.15) is 22.0 Å². The molecule has 0 fully saturated rings. The van der Waals surface area contributed by atoms with Crippen LogP contribution in [0.4, 0.5) is 26.7 Å². The lowest BCUT2D eigenvalue weighted by Crippen LogP contribution is -2.52. The smallest absolute Gasteiger partial charge is 0.475 e. The average Bonchev–Trinajstić information content (AvgIpc) is 2.43. The summed E-state index contributed by atoms with van der Waals surface area (Å²) in [5.74, 6) is -6.69. The van der Waals surface area contributed by atoms with Gasteiger partial charge in [0.05, 0.1) is 0 Å². The van der Waals surface area contributed by atoms with Gasteiger partial charge in [-0.25, -0.2) is 4.79 Å². The topological polar surface area (TPSA) is 55.8 Å². The molecule has 1 aromatic carbocycles. The molecule has 0 radical (unpaired) electrons. The highest BCUT2D eigenvalue weighted by Crippen LogP contribution is 2.45. The highest BCUT2D eigenvalue weighted by atomic mass is 19.4. The van der Waals surface area contributed by atoms with Crippen molar-refractivity contribution < 1.29 is 41.3 Å². The Kier molecular flexibility index (Phi) is 4.48. The summed E-state index contributed by atoms with van der Waals surface area (Å²) in [6.07, 6.45) is -10.1. The molecule has 0 spiro atoms. The molecule has 0 saturated carbocycles. The van der Waals surface area contributed by atoms with Gasteiger partial charge in [0.1, 0.15) is 5.75 Å². The highest BCUT2D eigenvalue weighted by molar-refractivity contribution is 5.67. The van der Waals surface area contributed by atoms with Gasteiger partial charge in [0.2, 0.25) is 6.10 Å². The van der Waals surface area contributed by atoms with Crippen molar-refractivity contribution >= 4 is 12.2 Å². The molecule has 9 heteroatoms. The van der Waals surface area contributed by atoms with E-state index in [1.807, 2.05) is 20.8 Å². The van der Waals surface area contributed by atoms with Crippen LogP contribution in [-0.2, 0) is 10.2 Å². The van der Waals surface area contributed by atoms with Crippen LogP contribution in [-0.4, -0.2) is 29.5 Å². The number of benzene rings is 1. The normalized spacial score (nSPS) is 18.1. The predicted octanol–water partition coefficient (Wildman–Crippen LogP) is 4.98. The number of hydrogen-bond donors (Lipinski definition) is 1. The molecule has 1 aromatic rings. The maximum absolute atomic E-state index is 13.8. The van der Waals surface area contributed by atoms with Crippen LogP contribution in [0.5, 0.6) is 5.75 Å². The van der Waals surface area contributed by atoms with E-state index >= 15 is 0 Å². The molecule has 0 amide bonds. The van der Waals surface area contributed by atoms with E-state index in [1.165, 1.54) is 12.1 Å². The first-order valence-electron chi connectivity index (χ1n) is 7.11. The average molecular weight is 366 g/mol. The molecular weight excluding hydrogens is 351 g/mol. The van der Waals surface area contributed by atoms with Crippen molar-refractivity contribution in [1.82, 2.24) is 0 Å². The monoisotopic (exact) mass is 366 g/mol. The van der Waals surface area contributed by atoms with Gasteiger partial charge in [0, 0.05) is 5.56 Å². The van der Waals surface area contributed by atoms with Gasteiger partial charge >= 0.3 is 18.3 Å². The molecule has 0 bridgehead atoms. The maximum atomic E-state index is 13.8. The molecule has 0 saturated heterocycles. The van der Waals surface area contributed by atoms with E-state index in [0.717, 1.165) is 6.08 Å². The molecule has 138 valence electrons. The minimum absolute atomic E-state index is 0.137. The number of alkyl halides is 5. The Balaban J connectivity index is 2.55. The quantitative estimate of drug-likeness (QED) is 0.593. The van der Waals surface area contributed by atoms with E-state index < -0.39 is 35.5 Å². The number of fused-ring (bicyclic) bond motifs is 1. The molecule has 1 N–H and O–H groups in total. The molecule has 0 aliphatic carbocycles. The van der Waals surface area contributed by atoms with Crippen LogP contribution in [0.3, 0.4) is 0 Å². The predicted molar refractivity (Wildman–Crippen MR) is 77.6 cm³/mol. The van der Waals surface area contributed by atoms with Crippen molar-refractivity contribution in [2.75, 3.05) is 0 Å². The molecule has 0 aromatic heterocycles. The van der Waals surface area contributed by atoms with Crippen molar-refractivity contribution in [3.05, 3.63) is 35.1 Å². The molecule has 1 heterocycles. The third-order valence-electron chi connectivity index (χ3n) is 3.59. The van der Waals surface area contributed by atoms with E-state index in [-0.39, 0.29) is 11.3 Å². The fourth-order valence-corrected chi connectivity index (χ4v) is 2.22. The summed E-state index contributed by atoms with van der Waals surface area (Å²) in [7, 11) is 0.